The molecule has 0 aliphatic rings. The zero-order valence-electron chi connectivity index (χ0n) is 12.9. The van der Waals surface area contributed by atoms with E-state index < -0.39 is 7.81 Å². The summed E-state index contributed by atoms with van der Waals surface area (Å²) in [5.74, 6) is 0. The van der Waals surface area contributed by atoms with Crippen LogP contribution in [0.5, 0.6) is 0 Å². The van der Waals surface area contributed by atoms with Gasteiger partial charge in [0.15, 0.2) is 12.4 Å². The van der Waals surface area contributed by atoms with Gasteiger partial charge in [-0.3, -0.25) is 0 Å². The molecule has 132 valence electrons. The molecule has 0 unspecified atom stereocenters. The quantitative estimate of drug-likeness (QED) is 0.220. The van der Waals surface area contributed by atoms with E-state index in [9.17, 15) is 25.2 Å². The molecule has 0 amide bonds. The molecule has 0 fully saturated rings. The average Bonchev–Trinajstić information content (AvgIpc) is 2.30. The van der Waals surface area contributed by atoms with Crippen molar-refractivity contribution in [1.29, 1.82) is 0 Å². The van der Waals surface area contributed by atoms with Crippen LogP contribution in [0.25, 0.3) is 0 Å². The molecule has 1 rings (SSSR count). The summed E-state index contributed by atoms with van der Waals surface area (Å²) in [5.41, 5.74) is 1.47. The van der Waals surface area contributed by atoms with Crippen LogP contribution in [0.2, 0.25) is 0 Å². The Labute approximate surface area is 127 Å². The van der Waals surface area contributed by atoms with Crippen molar-refractivity contribution in [3.63, 3.8) is 0 Å². The molecule has 0 N–H and O–H groups in total. The Hall–Kier alpha value is -0.840. The molecule has 1 aromatic rings. The predicted molar refractivity (Wildman–Crippen MR) is 78.3 cm³/mol. The van der Waals surface area contributed by atoms with Gasteiger partial charge >= 0.3 is 33.0 Å². The number of aromatic nitrogens is 1. The van der Waals surface area contributed by atoms with Crippen LogP contribution >= 0.6 is 7.81 Å². The van der Waals surface area contributed by atoms with Gasteiger partial charge in [-0.25, -0.2) is 4.57 Å². The molecule has 0 aliphatic carbocycles. The molecule has 1 aromatic heterocycles. The second kappa shape index (κ2) is 7.62. The molecule has 8 heteroatoms. The Morgan fingerprint density at radius 3 is 1.91 bits per heavy atom. The van der Waals surface area contributed by atoms with Crippen molar-refractivity contribution in [2.45, 2.75) is 51.9 Å². The van der Waals surface area contributed by atoms with Crippen molar-refractivity contribution in [2.24, 2.45) is 7.05 Å². The summed E-state index contributed by atoms with van der Waals surface area (Å²) in [6.45, 7) is 2.27. The molecule has 0 aromatic carbocycles. The molecule has 1 heterocycles. The summed E-state index contributed by atoms with van der Waals surface area (Å²) in [6, 6.07) is 4.36. The fraction of sp³-hybridized carbons (Fsp3) is 0.643. The molecule has 0 aliphatic heterocycles. The summed E-state index contributed by atoms with van der Waals surface area (Å²) in [7, 11) is -8.57. The normalized spacial score (nSPS) is 14.5. The fourth-order valence-electron chi connectivity index (χ4n) is 1.91. The third-order valence-electron chi connectivity index (χ3n) is 2.82. The van der Waals surface area contributed by atoms with Crippen molar-refractivity contribution in [2.75, 3.05) is 0 Å². The molecule has 0 saturated carbocycles. The van der Waals surface area contributed by atoms with Crippen molar-refractivity contribution in [3.8, 4) is 0 Å². The second-order valence-electron chi connectivity index (χ2n) is 5.35. The standard InChI is InChI=1S/C14H24N.F6P/c1-3-4-5-6-7-8-10-14-11-9-12-15(2)13-14;1-7(2,3,4,5)6/h9,11-13H,3-8,10H2,1-2H3;/q+1;-1. The fourth-order valence-corrected chi connectivity index (χ4v) is 1.91. The van der Waals surface area contributed by atoms with Crippen LogP contribution < -0.4 is 4.57 Å². The van der Waals surface area contributed by atoms with Crippen LogP contribution in [-0.2, 0) is 13.5 Å². The molecule has 22 heavy (non-hydrogen) atoms. The van der Waals surface area contributed by atoms with Crippen molar-refractivity contribution in [1.82, 2.24) is 0 Å². The van der Waals surface area contributed by atoms with E-state index in [1.165, 1.54) is 50.5 Å². The summed E-state index contributed by atoms with van der Waals surface area (Å²) in [6.07, 6.45) is 13.9. The average molecular weight is 351 g/mol. The van der Waals surface area contributed by atoms with Gasteiger partial charge in [-0.2, -0.15) is 0 Å². The van der Waals surface area contributed by atoms with E-state index in [0.717, 1.165) is 0 Å². The van der Waals surface area contributed by atoms with Crippen LogP contribution in [0.4, 0.5) is 25.2 Å². The number of halogens is 6. The Bertz CT molecular complexity index is 432. The van der Waals surface area contributed by atoms with E-state index in [4.69, 9.17) is 0 Å². The topological polar surface area (TPSA) is 3.88 Å². The number of aryl methyl sites for hydroxylation is 2. The summed E-state index contributed by atoms with van der Waals surface area (Å²) in [5, 5.41) is 0. The van der Waals surface area contributed by atoms with Crippen LogP contribution in [0.3, 0.4) is 0 Å². The van der Waals surface area contributed by atoms with Crippen LogP contribution in [0.1, 0.15) is 51.0 Å². The van der Waals surface area contributed by atoms with Crippen molar-refractivity contribution >= 4 is 7.81 Å². The Morgan fingerprint density at radius 1 is 0.909 bits per heavy atom. The maximum absolute atomic E-state index is 10.7. The number of hydrogen-bond acceptors (Lipinski definition) is 0. The number of hydrogen-bond donors (Lipinski definition) is 0. The SMILES string of the molecule is CCCCCCCCc1ccc[n+](C)c1.F[P-](F)(F)(F)(F)F. The Balaban J connectivity index is 0.000000534. The van der Waals surface area contributed by atoms with E-state index in [-0.39, 0.29) is 0 Å². The first-order valence-corrected chi connectivity index (χ1v) is 9.31. The number of pyridine rings is 1. The molecule has 1 nitrogen and oxygen atoms in total. The van der Waals surface area contributed by atoms with Crippen LogP contribution in [0, 0.1) is 0 Å². The monoisotopic (exact) mass is 351 g/mol. The summed E-state index contributed by atoms with van der Waals surface area (Å²) >= 11 is 0. The second-order valence-corrected chi connectivity index (χ2v) is 7.27. The van der Waals surface area contributed by atoms with Crippen LogP contribution in [-0.4, -0.2) is 0 Å². The van der Waals surface area contributed by atoms with Gasteiger partial charge in [-0.05, 0) is 18.9 Å². The minimum atomic E-state index is -10.7. The van der Waals surface area contributed by atoms with E-state index in [0.29, 0.717) is 0 Å². The molecule has 0 radical (unpaired) electrons. The molecule has 0 atom stereocenters. The van der Waals surface area contributed by atoms with E-state index in [1.54, 1.807) is 0 Å². The zero-order valence-corrected chi connectivity index (χ0v) is 13.8. The van der Waals surface area contributed by atoms with Crippen LogP contribution in [0.15, 0.2) is 24.5 Å². The Kier molecular flexibility index (Phi) is 7.33. The van der Waals surface area contributed by atoms with Gasteiger partial charge in [0.1, 0.15) is 7.05 Å². The van der Waals surface area contributed by atoms with E-state index in [2.05, 4.69) is 43.1 Å². The van der Waals surface area contributed by atoms with Crippen molar-refractivity contribution in [3.05, 3.63) is 30.1 Å². The number of unbranched alkanes of at least 4 members (excludes halogenated alkanes) is 5. The van der Waals surface area contributed by atoms with Crippen molar-refractivity contribution < 1.29 is 29.7 Å². The van der Waals surface area contributed by atoms with Gasteiger partial charge in [-0.1, -0.05) is 39.0 Å². The van der Waals surface area contributed by atoms with E-state index >= 15 is 0 Å². The Morgan fingerprint density at radius 2 is 1.41 bits per heavy atom. The predicted octanol–water partition coefficient (Wildman–Crippen LogP) is 6.80. The first-order chi connectivity index (χ1) is 9.78. The van der Waals surface area contributed by atoms with Gasteiger partial charge in [0, 0.05) is 11.6 Å². The first kappa shape index (κ1) is 21.2. The van der Waals surface area contributed by atoms with Gasteiger partial charge < -0.3 is 0 Å². The third-order valence-corrected chi connectivity index (χ3v) is 2.82. The third kappa shape index (κ3) is 21.5. The summed E-state index contributed by atoms with van der Waals surface area (Å²) in [4.78, 5) is 0. The van der Waals surface area contributed by atoms with Gasteiger partial charge in [-0.15, -0.1) is 0 Å². The number of rotatable bonds is 7. The van der Waals surface area contributed by atoms with Gasteiger partial charge in [0.05, 0.1) is 0 Å². The molecule has 0 spiro atoms. The van der Waals surface area contributed by atoms with E-state index in [1.807, 2.05) is 0 Å². The van der Waals surface area contributed by atoms with Gasteiger partial charge in [0.2, 0.25) is 0 Å². The molecular weight excluding hydrogens is 327 g/mol. The molecular formula is C14H24F6NP. The zero-order chi connectivity index (χ0) is 17.3. The molecule has 0 saturated heterocycles. The first-order valence-electron chi connectivity index (χ1n) is 7.28. The number of nitrogens with zero attached hydrogens (tertiary/aromatic N) is 1. The maximum atomic E-state index is 9.87. The van der Waals surface area contributed by atoms with Gasteiger partial charge in [0.25, 0.3) is 0 Å². The minimum absolute atomic E-state index is 1.24. The summed E-state index contributed by atoms with van der Waals surface area (Å²) < 4.78 is 61.3. The molecule has 0 bridgehead atoms.